The highest BCUT2D eigenvalue weighted by atomic mass is 16.2. The van der Waals surface area contributed by atoms with E-state index in [1.54, 1.807) is 11.9 Å². The van der Waals surface area contributed by atoms with E-state index < -0.39 is 0 Å². The van der Waals surface area contributed by atoms with Crippen LogP contribution in [0.25, 0.3) is 0 Å². The summed E-state index contributed by atoms with van der Waals surface area (Å²) in [6, 6.07) is 2.00. The smallest absolute Gasteiger partial charge is 0.224 e. The second-order valence-corrected chi connectivity index (χ2v) is 4.01. The number of carbonyl (C=O) groups is 1. The van der Waals surface area contributed by atoms with Gasteiger partial charge in [-0.25, -0.2) is 9.97 Å². The number of likely N-dealkylation sites (tertiary alicyclic amines) is 1. The van der Waals surface area contributed by atoms with E-state index in [-0.39, 0.29) is 17.6 Å². The number of nitrogens with zero attached hydrogens (tertiary/aromatic N) is 4. The van der Waals surface area contributed by atoms with Crippen LogP contribution in [0.1, 0.15) is 18.5 Å². The van der Waals surface area contributed by atoms with E-state index in [4.69, 9.17) is 5.26 Å². The van der Waals surface area contributed by atoms with Crippen LogP contribution in [0.5, 0.6) is 0 Å². The lowest BCUT2D eigenvalue weighted by molar-refractivity contribution is -0.132. The number of amides is 1. The zero-order valence-electron chi connectivity index (χ0n) is 9.55. The van der Waals surface area contributed by atoms with Gasteiger partial charge in [0, 0.05) is 38.4 Å². The van der Waals surface area contributed by atoms with Crippen molar-refractivity contribution < 1.29 is 4.79 Å². The van der Waals surface area contributed by atoms with E-state index in [9.17, 15) is 4.79 Å². The molecule has 1 atom stereocenters. The quantitative estimate of drug-likeness (QED) is 0.795. The van der Waals surface area contributed by atoms with Gasteiger partial charge in [0.2, 0.25) is 5.91 Å². The minimum atomic E-state index is 0.0301. The van der Waals surface area contributed by atoms with Gasteiger partial charge in [0.05, 0.1) is 0 Å². The third kappa shape index (κ3) is 2.50. The molecule has 0 bridgehead atoms. The molecular weight excluding hydrogens is 218 g/mol. The van der Waals surface area contributed by atoms with E-state index in [0.29, 0.717) is 12.2 Å². The molecule has 0 saturated carbocycles. The second-order valence-electron chi connectivity index (χ2n) is 4.01. The van der Waals surface area contributed by atoms with Gasteiger partial charge in [0.1, 0.15) is 6.07 Å². The molecule has 2 heterocycles. The van der Waals surface area contributed by atoms with Crippen molar-refractivity contribution in [1.82, 2.24) is 14.9 Å². The SMILES string of the molecule is CN1CC[C@H](Nc2nccnc2C#N)CC1=O. The summed E-state index contributed by atoms with van der Waals surface area (Å²) in [4.78, 5) is 21.2. The normalized spacial score (nSPS) is 19.9. The van der Waals surface area contributed by atoms with Crippen LogP contribution in [0.3, 0.4) is 0 Å². The third-order valence-corrected chi connectivity index (χ3v) is 2.80. The maximum atomic E-state index is 11.5. The molecule has 1 aromatic rings. The molecule has 0 aromatic carbocycles. The average Bonchev–Trinajstić information content (AvgIpc) is 2.34. The molecule has 6 heteroatoms. The van der Waals surface area contributed by atoms with Gasteiger partial charge < -0.3 is 10.2 Å². The Bertz CT molecular complexity index is 467. The Morgan fingerprint density at radius 2 is 2.29 bits per heavy atom. The summed E-state index contributed by atoms with van der Waals surface area (Å²) >= 11 is 0. The molecule has 0 unspecified atom stereocenters. The summed E-state index contributed by atoms with van der Waals surface area (Å²) in [6.07, 6.45) is 4.28. The molecule has 1 amide bonds. The molecule has 88 valence electrons. The Balaban J connectivity index is 2.07. The van der Waals surface area contributed by atoms with Crippen LogP contribution in [0.2, 0.25) is 0 Å². The maximum Gasteiger partial charge on any atom is 0.224 e. The summed E-state index contributed by atoms with van der Waals surface area (Å²) in [5, 5.41) is 12.0. The predicted molar refractivity (Wildman–Crippen MR) is 61.0 cm³/mol. The van der Waals surface area contributed by atoms with E-state index in [2.05, 4.69) is 15.3 Å². The number of nitriles is 1. The highest BCUT2D eigenvalue weighted by Gasteiger charge is 2.24. The van der Waals surface area contributed by atoms with Crippen LogP contribution in [-0.4, -0.2) is 40.4 Å². The molecule has 6 nitrogen and oxygen atoms in total. The van der Waals surface area contributed by atoms with Crippen molar-refractivity contribution in [3.8, 4) is 6.07 Å². The van der Waals surface area contributed by atoms with E-state index in [0.717, 1.165) is 13.0 Å². The summed E-state index contributed by atoms with van der Waals surface area (Å²) in [5.41, 5.74) is 0.263. The largest absolute Gasteiger partial charge is 0.364 e. The van der Waals surface area contributed by atoms with Crippen molar-refractivity contribution in [3.63, 3.8) is 0 Å². The van der Waals surface area contributed by atoms with Gasteiger partial charge in [-0.05, 0) is 6.42 Å². The highest BCUT2D eigenvalue weighted by Crippen LogP contribution is 2.16. The fourth-order valence-corrected chi connectivity index (χ4v) is 1.78. The molecule has 0 radical (unpaired) electrons. The van der Waals surface area contributed by atoms with E-state index in [1.165, 1.54) is 12.4 Å². The molecule has 1 fully saturated rings. The van der Waals surface area contributed by atoms with Crippen molar-refractivity contribution in [2.75, 3.05) is 18.9 Å². The Morgan fingerprint density at radius 3 is 3.00 bits per heavy atom. The van der Waals surface area contributed by atoms with Gasteiger partial charge in [-0.15, -0.1) is 0 Å². The van der Waals surface area contributed by atoms with Crippen molar-refractivity contribution in [1.29, 1.82) is 5.26 Å². The minimum absolute atomic E-state index is 0.0301. The van der Waals surface area contributed by atoms with Gasteiger partial charge in [0.25, 0.3) is 0 Å². The molecule has 1 aliphatic rings. The Morgan fingerprint density at radius 1 is 1.53 bits per heavy atom. The van der Waals surface area contributed by atoms with Crippen molar-refractivity contribution >= 4 is 11.7 Å². The highest BCUT2D eigenvalue weighted by molar-refractivity contribution is 5.77. The maximum absolute atomic E-state index is 11.5. The van der Waals surface area contributed by atoms with Crippen LogP contribution in [-0.2, 0) is 4.79 Å². The zero-order chi connectivity index (χ0) is 12.3. The molecule has 1 saturated heterocycles. The predicted octanol–water partition coefficient (Wildman–Crippen LogP) is 0.381. The van der Waals surface area contributed by atoms with Gasteiger partial charge >= 0.3 is 0 Å². The lowest BCUT2D eigenvalue weighted by atomic mass is 10.0. The lowest BCUT2D eigenvalue weighted by Crippen LogP contribution is -2.41. The number of aromatic nitrogens is 2. The summed E-state index contributed by atoms with van der Waals surface area (Å²) < 4.78 is 0. The van der Waals surface area contributed by atoms with E-state index in [1.807, 2.05) is 6.07 Å². The van der Waals surface area contributed by atoms with Gasteiger partial charge in [-0.1, -0.05) is 0 Å². The zero-order valence-corrected chi connectivity index (χ0v) is 9.55. The van der Waals surface area contributed by atoms with Crippen LogP contribution in [0.4, 0.5) is 5.82 Å². The fourth-order valence-electron chi connectivity index (χ4n) is 1.78. The van der Waals surface area contributed by atoms with Crippen molar-refractivity contribution in [3.05, 3.63) is 18.1 Å². The van der Waals surface area contributed by atoms with Gasteiger partial charge in [-0.3, -0.25) is 4.79 Å². The number of nitrogens with one attached hydrogen (secondary N) is 1. The van der Waals surface area contributed by atoms with Crippen LogP contribution in [0, 0.1) is 11.3 Å². The molecule has 0 aliphatic carbocycles. The number of carbonyl (C=O) groups excluding carboxylic acids is 1. The molecule has 0 spiro atoms. The van der Waals surface area contributed by atoms with Gasteiger partial charge in [-0.2, -0.15) is 5.26 Å². The topological polar surface area (TPSA) is 81.9 Å². The van der Waals surface area contributed by atoms with Crippen LogP contribution < -0.4 is 5.32 Å². The molecule has 1 aromatic heterocycles. The monoisotopic (exact) mass is 231 g/mol. The number of anilines is 1. The summed E-state index contributed by atoms with van der Waals surface area (Å²) in [5.74, 6) is 0.563. The first-order valence-corrected chi connectivity index (χ1v) is 5.42. The first kappa shape index (κ1) is 11.3. The fraction of sp³-hybridized carbons (Fsp3) is 0.455. The van der Waals surface area contributed by atoms with Crippen LogP contribution in [0.15, 0.2) is 12.4 Å². The van der Waals surface area contributed by atoms with E-state index >= 15 is 0 Å². The molecule has 17 heavy (non-hydrogen) atoms. The Labute approximate surface area is 99.3 Å². The lowest BCUT2D eigenvalue weighted by Gasteiger charge is -2.29. The molecular formula is C11H13N5O. The minimum Gasteiger partial charge on any atom is -0.364 e. The van der Waals surface area contributed by atoms with Crippen molar-refractivity contribution in [2.45, 2.75) is 18.9 Å². The average molecular weight is 231 g/mol. The Kier molecular flexibility index (Phi) is 3.19. The molecule has 1 N–H and O–H groups in total. The summed E-state index contributed by atoms with van der Waals surface area (Å²) in [6.45, 7) is 0.721. The molecule has 2 rings (SSSR count). The van der Waals surface area contributed by atoms with Gasteiger partial charge in [0.15, 0.2) is 11.5 Å². The van der Waals surface area contributed by atoms with Crippen molar-refractivity contribution in [2.24, 2.45) is 0 Å². The number of piperidine rings is 1. The second kappa shape index (κ2) is 4.78. The molecule has 1 aliphatic heterocycles. The first-order chi connectivity index (χ1) is 8.20. The number of rotatable bonds is 2. The Hall–Kier alpha value is -2.16. The number of hydrogen-bond acceptors (Lipinski definition) is 5. The number of hydrogen-bond donors (Lipinski definition) is 1. The first-order valence-electron chi connectivity index (χ1n) is 5.42. The standard InChI is InChI=1S/C11H13N5O/c1-16-5-2-8(6-10(16)17)15-11-9(7-12)13-3-4-14-11/h3-4,8H,2,5-6H2,1H3,(H,14,15)/t8-/m0/s1. The summed E-state index contributed by atoms with van der Waals surface area (Å²) in [7, 11) is 1.79. The van der Waals surface area contributed by atoms with Crippen LogP contribution >= 0.6 is 0 Å². The third-order valence-electron chi connectivity index (χ3n) is 2.80.